The van der Waals surface area contributed by atoms with Gasteiger partial charge in [0, 0.05) is 25.5 Å². The van der Waals surface area contributed by atoms with Crippen molar-refractivity contribution in [1.29, 1.82) is 0 Å². The highest BCUT2D eigenvalue weighted by Crippen LogP contribution is 2.45. The van der Waals surface area contributed by atoms with Crippen LogP contribution in [0.1, 0.15) is 12.8 Å². The second-order valence-electron chi connectivity index (χ2n) is 5.53. The summed E-state index contributed by atoms with van der Waals surface area (Å²) in [6.45, 7) is -0.398. The predicted octanol–water partition coefficient (Wildman–Crippen LogP) is -1.44. The Morgan fingerprint density at radius 1 is 1.23 bits per heavy atom. The Morgan fingerprint density at radius 3 is 2.50 bits per heavy atom. The second kappa shape index (κ2) is 7.70. The lowest BCUT2D eigenvalue weighted by Gasteiger charge is -2.20. The summed E-state index contributed by atoms with van der Waals surface area (Å²) in [6.07, 6.45) is -2.16. The molecule has 2 aliphatic rings. The van der Waals surface area contributed by atoms with E-state index in [2.05, 4.69) is 0 Å². The molecule has 7 atom stereocenters. The van der Waals surface area contributed by atoms with Gasteiger partial charge in [-0.05, 0) is 6.42 Å². The van der Waals surface area contributed by atoms with Gasteiger partial charge in [-0.3, -0.25) is 9.05 Å². The molecule has 0 bridgehead atoms. The molecule has 0 saturated carbocycles. The minimum atomic E-state index is -4.28. The van der Waals surface area contributed by atoms with Crippen molar-refractivity contribution >= 4 is 15.7 Å². The van der Waals surface area contributed by atoms with Gasteiger partial charge in [0.25, 0.3) is 0 Å². The lowest BCUT2D eigenvalue weighted by molar-refractivity contribution is -0.170. The molecule has 0 aromatic rings. The fourth-order valence-corrected chi connectivity index (χ4v) is 3.35. The summed E-state index contributed by atoms with van der Waals surface area (Å²) in [5.74, 6) is -0.589. The van der Waals surface area contributed by atoms with Crippen LogP contribution < -0.4 is 0 Å². The van der Waals surface area contributed by atoms with Gasteiger partial charge in [-0.2, -0.15) is 0 Å². The van der Waals surface area contributed by atoms with Crippen LogP contribution in [-0.4, -0.2) is 74.1 Å². The van der Waals surface area contributed by atoms with Gasteiger partial charge in [0.2, 0.25) is 0 Å². The van der Waals surface area contributed by atoms with Crippen LogP contribution in [-0.2, 0) is 27.8 Å². The van der Waals surface area contributed by atoms with Crippen molar-refractivity contribution in [2.24, 2.45) is 5.92 Å². The summed E-state index contributed by atoms with van der Waals surface area (Å²) >= 11 is 0. The molecular weight excluding hydrogens is 318 g/mol. The predicted molar refractivity (Wildman–Crippen MR) is 75.6 cm³/mol. The Kier molecular flexibility index (Phi) is 6.41. The normalized spacial score (nSPS) is 41.6. The maximum atomic E-state index is 11.8. The van der Waals surface area contributed by atoms with Gasteiger partial charge in [0.1, 0.15) is 14.0 Å². The maximum absolute atomic E-state index is 11.8. The first kappa shape index (κ1) is 18.3. The number of aliphatic hydroxyl groups excluding tert-OH is 2. The summed E-state index contributed by atoms with van der Waals surface area (Å²) in [7, 11) is -0.859. The van der Waals surface area contributed by atoms with Crippen LogP contribution >= 0.6 is 7.82 Å². The highest BCUT2D eigenvalue weighted by atomic mass is 31.2. The fraction of sp³-hybridized carbons (Fsp3) is 1.00. The van der Waals surface area contributed by atoms with E-state index in [0.29, 0.717) is 6.42 Å². The zero-order chi connectivity index (χ0) is 16.3. The van der Waals surface area contributed by atoms with E-state index in [9.17, 15) is 19.7 Å². The van der Waals surface area contributed by atoms with Crippen LogP contribution in [0.15, 0.2) is 0 Å². The molecule has 0 amide bonds. The van der Waals surface area contributed by atoms with Crippen LogP contribution in [0.3, 0.4) is 0 Å². The largest absolute Gasteiger partial charge is 0.472 e. The lowest BCUT2D eigenvalue weighted by atomic mass is 9.96. The molecule has 0 aromatic heterocycles. The molecule has 2 rings (SSSR count). The average molecular weight is 340 g/mol. The van der Waals surface area contributed by atoms with Gasteiger partial charge in [0.05, 0.1) is 19.3 Å². The number of hydrogen-bond donors (Lipinski definition) is 3. The van der Waals surface area contributed by atoms with E-state index in [0.717, 1.165) is 0 Å². The van der Waals surface area contributed by atoms with Gasteiger partial charge in [-0.1, -0.05) is 0 Å². The molecule has 2 saturated heterocycles. The molecule has 3 N–H and O–H groups in total. The van der Waals surface area contributed by atoms with Crippen molar-refractivity contribution < 1.29 is 42.9 Å². The first-order chi connectivity index (χ1) is 10.3. The number of phosphoric ester groups is 1. The van der Waals surface area contributed by atoms with Crippen molar-refractivity contribution in [2.45, 2.75) is 43.6 Å². The van der Waals surface area contributed by atoms with E-state index in [1.54, 1.807) is 7.11 Å². The molecule has 11 heteroatoms. The standard InChI is InChI=1S/C11H22BO9P/c1-17-7-3-9(12)20-8(7)5-19-22(15,16)18-4-6-2-10(13)21-11(6)14/h6-11,13-14H,2-5,12H2,1H3,(H,15,16)/t6-,7+,8?,9+,10?,11?/m0/s1. The zero-order valence-corrected chi connectivity index (χ0v) is 13.4. The van der Waals surface area contributed by atoms with E-state index in [1.165, 1.54) is 0 Å². The third-order valence-electron chi connectivity index (χ3n) is 3.75. The molecule has 0 spiro atoms. The Bertz CT molecular complexity index is 411. The van der Waals surface area contributed by atoms with Crippen LogP contribution in [0.2, 0.25) is 0 Å². The number of phosphoric acid groups is 1. The van der Waals surface area contributed by atoms with E-state index >= 15 is 0 Å². The summed E-state index contributed by atoms with van der Waals surface area (Å²) in [6, 6.07) is -0.00943. The third kappa shape index (κ3) is 4.99. The van der Waals surface area contributed by atoms with Gasteiger partial charge in [0.15, 0.2) is 12.6 Å². The van der Waals surface area contributed by atoms with Crippen molar-refractivity contribution in [1.82, 2.24) is 0 Å². The number of methoxy groups -OCH3 is 1. The highest BCUT2D eigenvalue weighted by Gasteiger charge is 2.37. The van der Waals surface area contributed by atoms with E-state index in [-0.39, 0.29) is 31.7 Å². The maximum Gasteiger partial charge on any atom is 0.472 e. The minimum absolute atomic E-state index is 0.00943. The van der Waals surface area contributed by atoms with Crippen LogP contribution in [0.25, 0.3) is 0 Å². The molecule has 22 heavy (non-hydrogen) atoms. The Hall–Kier alpha value is -0.0251. The molecule has 0 radical (unpaired) electrons. The quantitative estimate of drug-likeness (QED) is 0.377. The molecule has 128 valence electrons. The smallest absolute Gasteiger partial charge is 0.379 e. The number of rotatable bonds is 7. The van der Waals surface area contributed by atoms with E-state index in [4.69, 9.17) is 23.3 Å². The third-order valence-corrected chi connectivity index (χ3v) is 4.70. The number of hydrogen-bond acceptors (Lipinski definition) is 8. The Labute approximate surface area is 129 Å². The van der Waals surface area contributed by atoms with Crippen LogP contribution in [0, 0.1) is 5.92 Å². The average Bonchev–Trinajstić information content (AvgIpc) is 2.96. The minimum Gasteiger partial charge on any atom is -0.379 e. The van der Waals surface area contributed by atoms with Crippen LogP contribution in [0.4, 0.5) is 0 Å². The van der Waals surface area contributed by atoms with Gasteiger partial charge in [-0.15, -0.1) is 0 Å². The molecule has 9 nitrogen and oxygen atoms in total. The van der Waals surface area contributed by atoms with Crippen molar-refractivity contribution in [3.8, 4) is 0 Å². The monoisotopic (exact) mass is 340 g/mol. The Morgan fingerprint density at radius 2 is 1.91 bits per heavy atom. The molecule has 2 aliphatic heterocycles. The molecule has 0 aromatic carbocycles. The van der Waals surface area contributed by atoms with Gasteiger partial charge >= 0.3 is 7.82 Å². The zero-order valence-electron chi connectivity index (χ0n) is 12.5. The summed E-state index contributed by atoms with van der Waals surface area (Å²) in [5.41, 5.74) is 0. The van der Waals surface area contributed by atoms with Crippen molar-refractivity contribution in [3.05, 3.63) is 0 Å². The number of ether oxygens (including phenoxy) is 3. The number of aliphatic hydroxyl groups is 2. The molecular formula is C11H22BO9P. The summed E-state index contributed by atoms with van der Waals surface area (Å²) in [5, 5.41) is 18.6. The topological polar surface area (TPSA) is 124 Å². The molecule has 4 unspecified atom stereocenters. The van der Waals surface area contributed by atoms with Gasteiger partial charge < -0.3 is 29.3 Å². The van der Waals surface area contributed by atoms with E-state index in [1.807, 2.05) is 7.85 Å². The van der Waals surface area contributed by atoms with Crippen LogP contribution in [0.5, 0.6) is 0 Å². The molecule has 0 aliphatic carbocycles. The van der Waals surface area contributed by atoms with Gasteiger partial charge in [-0.25, -0.2) is 4.57 Å². The fourth-order valence-electron chi connectivity index (χ4n) is 2.56. The molecule has 2 fully saturated rings. The Balaban J connectivity index is 1.75. The molecule has 2 heterocycles. The summed E-state index contributed by atoms with van der Waals surface area (Å²) < 4.78 is 37.0. The SMILES string of the molecule is B[C@H]1C[C@@H](OC)C(COP(=O)(O)OC[C@@H]2CC(O)OC2O)O1. The van der Waals surface area contributed by atoms with E-state index < -0.39 is 32.4 Å². The summed E-state index contributed by atoms with van der Waals surface area (Å²) in [4.78, 5) is 9.64. The second-order valence-corrected chi connectivity index (χ2v) is 6.99. The van der Waals surface area contributed by atoms with Crippen molar-refractivity contribution in [2.75, 3.05) is 20.3 Å². The van der Waals surface area contributed by atoms with Crippen molar-refractivity contribution in [3.63, 3.8) is 0 Å². The first-order valence-corrected chi connectivity index (χ1v) is 8.62. The highest BCUT2D eigenvalue weighted by molar-refractivity contribution is 7.47. The first-order valence-electron chi connectivity index (χ1n) is 7.12. The lowest BCUT2D eigenvalue weighted by Crippen LogP contribution is -2.28.